The first-order valence-corrected chi connectivity index (χ1v) is 3.08. The maximum atomic E-state index is 4.84. The van der Waals surface area contributed by atoms with Gasteiger partial charge in [-0.05, 0) is 18.8 Å². The van der Waals surface area contributed by atoms with E-state index < -0.39 is 0 Å². The maximum Gasteiger partial charge on any atom is 0.0494 e. The number of hydrogen-bond acceptors (Lipinski definition) is 1. The van der Waals surface area contributed by atoms with Crippen LogP contribution in [0.15, 0.2) is 0 Å². The van der Waals surface area contributed by atoms with Crippen molar-refractivity contribution >= 4 is 0 Å². The third kappa shape index (κ3) is 5.96. The van der Waals surface area contributed by atoms with E-state index in [-0.39, 0.29) is 0 Å². The highest BCUT2D eigenvalue weighted by Gasteiger charge is 1.91. The number of hydrogen-bond donors (Lipinski definition) is 0. The summed E-state index contributed by atoms with van der Waals surface area (Å²) >= 11 is 0. The molecule has 1 nitrogen and oxygen atoms in total. The van der Waals surface area contributed by atoms with Crippen molar-refractivity contribution in [2.45, 2.75) is 20.3 Å². The van der Waals surface area contributed by atoms with Gasteiger partial charge in [-0.15, -0.1) is 0 Å². The maximum absolute atomic E-state index is 4.84. The van der Waals surface area contributed by atoms with Gasteiger partial charge in [0.1, 0.15) is 0 Å². The fraction of sp³-hybridized carbons (Fsp3) is 0.857. The lowest BCUT2D eigenvalue weighted by atomic mass is 10.1. The van der Waals surface area contributed by atoms with Crippen LogP contribution in [-0.4, -0.2) is 13.7 Å². The van der Waals surface area contributed by atoms with Crippen LogP contribution < -0.4 is 0 Å². The molecule has 0 aliphatic heterocycles. The molecule has 0 aromatic carbocycles. The van der Waals surface area contributed by atoms with Gasteiger partial charge >= 0.3 is 0 Å². The molecule has 0 fully saturated rings. The Balaban J connectivity index is 2.72. The van der Waals surface area contributed by atoms with Crippen LogP contribution in [-0.2, 0) is 4.74 Å². The van der Waals surface area contributed by atoms with E-state index in [2.05, 4.69) is 20.3 Å². The lowest BCUT2D eigenvalue weighted by Crippen LogP contribution is -1.93. The quantitative estimate of drug-likeness (QED) is 0.508. The molecule has 0 unspecified atom stereocenters. The summed E-state index contributed by atoms with van der Waals surface area (Å²) in [5.74, 6) is 0.769. The van der Waals surface area contributed by atoms with Crippen LogP contribution in [0.1, 0.15) is 20.3 Å². The standard InChI is InChI=1S/C7H15O/c1-7(2)5-4-6-8-3/h4,7H,5-6H2,1-3H3. The van der Waals surface area contributed by atoms with Crippen molar-refractivity contribution in [3.05, 3.63) is 6.42 Å². The van der Waals surface area contributed by atoms with Crippen LogP contribution in [0.5, 0.6) is 0 Å². The van der Waals surface area contributed by atoms with Gasteiger partial charge in [0.2, 0.25) is 0 Å². The highest BCUT2D eigenvalue weighted by atomic mass is 16.5. The topological polar surface area (TPSA) is 9.23 Å². The summed E-state index contributed by atoms with van der Waals surface area (Å²) in [5.41, 5.74) is 0. The summed E-state index contributed by atoms with van der Waals surface area (Å²) in [7, 11) is 1.72. The van der Waals surface area contributed by atoms with Gasteiger partial charge in [-0.1, -0.05) is 13.8 Å². The van der Waals surface area contributed by atoms with E-state index in [1.165, 1.54) is 0 Å². The largest absolute Gasteiger partial charge is 0.384 e. The van der Waals surface area contributed by atoms with Gasteiger partial charge in [0.05, 0.1) is 0 Å². The van der Waals surface area contributed by atoms with Gasteiger partial charge in [-0.3, -0.25) is 0 Å². The molecule has 0 aliphatic rings. The van der Waals surface area contributed by atoms with Gasteiger partial charge in [0.25, 0.3) is 0 Å². The van der Waals surface area contributed by atoms with E-state index in [9.17, 15) is 0 Å². The van der Waals surface area contributed by atoms with Crippen molar-refractivity contribution in [3.8, 4) is 0 Å². The molecule has 1 radical (unpaired) electrons. The molecule has 0 heterocycles. The monoisotopic (exact) mass is 115 g/mol. The summed E-state index contributed by atoms with van der Waals surface area (Å²) in [6.07, 6.45) is 3.32. The minimum Gasteiger partial charge on any atom is -0.384 e. The molecule has 8 heavy (non-hydrogen) atoms. The lowest BCUT2D eigenvalue weighted by Gasteiger charge is -2.00. The molecule has 0 saturated heterocycles. The zero-order valence-corrected chi connectivity index (χ0v) is 5.98. The average Bonchev–Trinajstić information content (AvgIpc) is 1.66. The summed E-state index contributed by atoms with van der Waals surface area (Å²) < 4.78 is 4.84. The molecule has 1 heteroatoms. The third-order valence-corrected chi connectivity index (χ3v) is 0.923. The molecular formula is C7H15O. The van der Waals surface area contributed by atoms with Crippen LogP contribution in [0, 0.1) is 12.3 Å². The van der Waals surface area contributed by atoms with Gasteiger partial charge < -0.3 is 4.74 Å². The Hall–Kier alpha value is -0.0400. The zero-order valence-electron chi connectivity index (χ0n) is 5.98. The molecular weight excluding hydrogens is 100 g/mol. The molecule has 0 aliphatic carbocycles. The van der Waals surface area contributed by atoms with E-state index in [1.54, 1.807) is 7.11 Å². The van der Waals surface area contributed by atoms with E-state index in [0.29, 0.717) is 0 Å². The minimum absolute atomic E-state index is 0.769. The Morgan fingerprint density at radius 2 is 2.12 bits per heavy atom. The molecule has 0 spiro atoms. The number of rotatable bonds is 4. The Morgan fingerprint density at radius 1 is 1.50 bits per heavy atom. The molecule has 0 atom stereocenters. The Bertz CT molecular complexity index is 41.7. The number of methoxy groups -OCH3 is 1. The third-order valence-electron chi connectivity index (χ3n) is 0.923. The van der Waals surface area contributed by atoms with E-state index in [0.717, 1.165) is 18.9 Å². The van der Waals surface area contributed by atoms with Gasteiger partial charge in [0.15, 0.2) is 0 Å². The molecule has 0 aromatic heterocycles. The first-order chi connectivity index (χ1) is 3.77. The van der Waals surface area contributed by atoms with Gasteiger partial charge in [0, 0.05) is 13.7 Å². The highest BCUT2D eigenvalue weighted by Crippen LogP contribution is 2.00. The van der Waals surface area contributed by atoms with Crippen LogP contribution in [0.4, 0.5) is 0 Å². The van der Waals surface area contributed by atoms with E-state index in [4.69, 9.17) is 4.74 Å². The van der Waals surface area contributed by atoms with Crippen molar-refractivity contribution < 1.29 is 4.74 Å². The van der Waals surface area contributed by atoms with Crippen LogP contribution >= 0.6 is 0 Å². The predicted molar refractivity (Wildman–Crippen MR) is 35.6 cm³/mol. The lowest BCUT2D eigenvalue weighted by molar-refractivity contribution is 0.218. The fourth-order valence-corrected chi connectivity index (χ4v) is 0.519. The zero-order chi connectivity index (χ0) is 6.41. The Labute approximate surface area is 52.0 Å². The molecule has 0 rings (SSSR count). The van der Waals surface area contributed by atoms with Crippen molar-refractivity contribution in [2.75, 3.05) is 13.7 Å². The summed E-state index contributed by atoms with van der Waals surface area (Å²) in [5, 5.41) is 0. The molecule has 0 saturated carbocycles. The van der Waals surface area contributed by atoms with E-state index in [1.807, 2.05) is 0 Å². The first kappa shape index (κ1) is 7.96. The summed E-state index contributed by atoms with van der Waals surface area (Å²) in [6, 6.07) is 0. The van der Waals surface area contributed by atoms with Crippen LogP contribution in [0.25, 0.3) is 0 Å². The van der Waals surface area contributed by atoms with E-state index >= 15 is 0 Å². The van der Waals surface area contributed by atoms with Crippen molar-refractivity contribution in [1.29, 1.82) is 0 Å². The molecule has 0 N–H and O–H groups in total. The fourth-order valence-electron chi connectivity index (χ4n) is 0.519. The predicted octanol–water partition coefficient (Wildman–Crippen LogP) is 1.88. The second-order valence-electron chi connectivity index (χ2n) is 2.37. The Morgan fingerprint density at radius 3 is 2.50 bits per heavy atom. The van der Waals surface area contributed by atoms with Crippen LogP contribution in [0.2, 0.25) is 0 Å². The SMILES string of the molecule is COC[CH]CC(C)C. The Kier molecular flexibility index (Phi) is 5.08. The van der Waals surface area contributed by atoms with Crippen LogP contribution in [0.3, 0.4) is 0 Å². The highest BCUT2D eigenvalue weighted by molar-refractivity contribution is 4.64. The number of ether oxygens (including phenoxy) is 1. The molecule has 0 bridgehead atoms. The summed E-state index contributed by atoms with van der Waals surface area (Å²) in [4.78, 5) is 0. The molecule has 49 valence electrons. The van der Waals surface area contributed by atoms with Crippen molar-refractivity contribution in [2.24, 2.45) is 5.92 Å². The van der Waals surface area contributed by atoms with Crippen molar-refractivity contribution in [3.63, 3.8) is 0 Å². The molecule has 0 amide bonds. The summed E-state index contributed by atoms with van der Waals surface area (Å²) in [6.45, 7) is 5.19. The van der Waals surface area contributed by atoms with Gasteiger partial charge in [-0.25, -0.2) is 0 Å². The second-order valence-corrected chi connectivity index (χ2v) is 2.37. The second kappa shape index (κ2) is 5.10. The first-order valence-electron chi connectivity index (χ1n) is 3.08. The minimum atomic E-state index is 0.769. The smallest absolute Gasteiger partial charge is 0.0494 e. The average molecular weight is 115 g/mol. The normalized spacial score (nSPS) is 10.5. The van der Waals surface area contributed by atoms with Gasteiger partial charge in [-0.2, -0.15) is 0 Å². The molecule has 0 aromatic rings. The van der Waals surface area contributed by atoms with Crippen molar-refractivity contribution in [1.82, 2.24) is 0 Å².